The quantitative estimate of drug-likeness (QED) is 0.480. The number of carboxylic acid groups (broad SMARTS) is 1. The molecule has 0 bridgehead atoms. The van der Waals surface area contributed by atoms with Crippen molar-refractivity contribution in [1.29, 1.82) is 0 Å². The summed E-state index contributed by atoms with van der Waals surface area (Å²) in [5.74, 6) is -0.786. The van der Waals surface area contributed by atoms with Gasteiger partial charge in [-0.05, 0) is 53.8 Å². The average molecular weight is 433 g/mol. The Morgan fingerprint density at radius 1 is 0.969 bits per heavy atom. The first-order valence-electron chi connectivity index (χ1n) is 10.6. The molecule has 0 aromatic heterocycles. The van der Waals surface area contributed by atoms with E-state index in [1.54, 1.807) is 23.1 Å². The number of amides is 2. The number of hydrogen-bond donors (Lipinski definition) is 3. The Balaban J connectivity index is 1.84. The van der Waals surface area contributed by atoms with Crippen LogP contribution in [-0.4, -0.2) is 33.7 Å². The summed E-state index contributed by atoms with van der Waals surface area (Å²) in [6.07, 6.45) is -0.0776. The van der Waals surface area contributed by atoms with Gasteiger partial charge in [0.1, 0.15) is 5.75 Å². The van der Waals surface area contributed by atoms with Crippen LogP contribution >= 0.6 is 0 Å². The monoisotopic (exact) mass is 432 g/mol. The normalized spacial score (nSPS) is 10.6. The first-order valence-corrected chi connectivity index (χ1v) is 10.6. The number of rotatable bonds is 8. The lowest BCUT2D eigenvalue weighted by molar-refractivity contribution is -0.136. The van der Waals surface area contributed by atoms with Crippen LogP contribution < -0.4 is 5.32 Å². The Hall–Kier alpha value is -3.80. The van der Waals surface area contributed by atoms with E-state index in [1.165, 1.54) is 0 Å². The summed E-state index contributed by atoms with van der Waals surface area (Å²) >= 11 is 0. The topological polar surface area (TPSA) is 89.9 Å². The number of benzene rings is 3. The molecule has 6 heteroatoms. The molecular weight excluding hydrogens is 404 g/mol. The molecule has 0 aliphatic rings. The molecule has 0 saturated carbocycles. The van der Waals surface area contributed by atoms with Gasteiger partial charge < -0.3 is 20.4 Å². The summed E-state index contributed by atoms with van der Waals surface area (Å²) in [6, 6.07) is 20.2. The molecule has 0 radical (unpaired) electrons. The SMILES string of the molecule is CCN(Cc1ccc(O)cc1-c1cc(C)cc(CC(=O)O)c1)C(=O)NCc1ccccc1. The molecule has 32 heavy (non-hydrogen) atoms. The third-order valence-corrected chi connectivity index (χ3v) is 5.21. The van der Waals surface area contributed by atoms with E-state index in [4.69, 9.17) is 0 Å². The number of nitrogens with one attached hydrogen (secondary N) is 1. The third-order valence-electron chi connectivity index (χ3n) is 5.21. The highest BCUT2D eigenvalue weighted by atomic mass is 16.4. The smallest absolute Gasteiger partial charge is 0.317 e. The van der Waals surface area contributed by atoms with Gasteiger partial charge in [-0.15, -0.1) is 0 Å². The van der Waals surface area contributed by atoms with Crippen LogP contribution in [0, 0.1) is 6.92 Å². The van der Waals surface area contributed by atoms with Crippen molar-refractivity contribution in [2.45, 2.75) is 33.4 Å². The summed E-state index contributed by atoms with van der Waals surface area (Å²) in [4.78, 5) is 25.7. The number of aliphatic carboxylic acids is 1. The zero-order valence-electron chi connectivity index (χ0n) is 18.3. The lowest BCUT2D eigenvalue weighted by Gasteiger charge is -2.23. The molecule has 0 fully saturated rings. The molecule has 2 amide bonds. The van der Waals surface area contributed by atoms with Crippen molar-refractivity contribution in [1.82, 2.24) is 10.2 Å². The minimum atomic E-state index is -0.898. The van der Waals surface area contributed by atoms with Gasteiger partial charge in [0.2, 0.25) is 0 Å². The van der Waals surface area contributed by atoms with Crippen molar-refractivity contribution < 1.29 is 19.8 Å². The number of urea groups is 1. The van der Waals surface area contributed by atoms with E-state index in [9.17, 15) is 19.8 Å². The average Bonchev–Trinajstić information content (AvgIpc) is 2.76. The van der Waals surface area contributed by atoms with Crippen molar-refractivity contribution in [3.8, 4) is 16.9 Å². The second-order valence-corrected chi connectivity index (χ2v) is 7.78. The van der Waals surface area contributed by atoms with Gasteiger partial charge in [-0.1, -0.05) is 60.2 Å². The highest BCUT2D eigenvalue weighted by Gasteiger charge is 2.16. The fourth-order valence-electron chi connectivity index (χ4n) is 3.68. The molecule has 0 unspecified atom stereocenters. The predicted octanol–water partition coefficient (Wildman–Crippen LogP) is 4.73. The third kappa shape index (κ3) is 6.11. The molecule has 166 valence electrons. The van der Waals surface area contributed by atoms with Gasteiger partial charge in [0, 0.05) is 19.6 Å². The Labute approximate surface area is 188 Å². The van der Waals surface area contributed by atoms with Crippen LogP contribution in [0.2, 0.25) is 0 Å². The first-order chi connectivity index (χ1) is 15.4. The number of aromatic hydroxyl groups is 1. The Kier molecular flexibility index (Phi) is 7.49. The number of aryl methyl sites for hydroxylation is 1. The molecule has 0 heterocycles. The van der Waals surface area contributed by atoms with Crippen LogP contribution in [0.3, 0.4) is 0 Å². The molecule has 3 aromatic rings. The lowest BCUT2D eigenvalue weighted by atomic mass is 9.95. The van der Waals surface area contributed by atoms with Gasteiger partial charge >= 0.3 is 12.0 Å². The van der Waals surface area contributed by atoms with Crippen LogP contribution in [0.5, 0.6) is 5.75 Å². The van der Waals surface area contributed by atoms with E-state index in [0.29, 0.717) is 25.2 Å². The first kappa shape index (κ1) is 22.9. The molecule has 0 aliphatic heterocycles. The second-order valence-electron chi connectivity index (χ2n) is 7.78. The van der Waals surface area contributed by atoms with Gasteiger partial charge in [0.15, 0.2) is 0 Å². The van der Waals surface area contributed by atoms with Crippen molar-refractivity contribution in [3.05, 3.63) is 89.0 Å². The molecule has 0 spiro atoms. The number of phenolic OH excluding ortho intramolecular Hbond substituents is 1. The summed E-state index contributed by atoms with van der Waals surface area (Å²) in [5, 5.41) is 22.2. The summed E-state index contributed by atoms with van der Waals surface area (Å²) in [6.45, 7) is 5.13. The van der Waals surface area contributed by atoms with E-state index in [0.717, 1.165) is 27.8 Å². The number of carbonyl (C=O) groups is 2. The van der Waals surface area contributed by atoms with Crippen molar-refractivity contribution >= 4 is 12.0 Å². The van der Waals surface area contributed by atoms with E-state index in [-0.39, 0.29) is 18.2 Å². The zero-order chi connectivity index (χ0) is 23.1. The largest absolute Gasteiger partial charge is 0.508 e. The predicted molar refractivity (Wildman–Crippen MR) is 124 cm³/mol. The molecule has 0 saturated heterocycles. The van der Waals surface area contributed by atoms with Gasteiger partial charge in [-0.2, -0.15) is 0 Å². The Bertz CT molecular complexity index is 1100. The number of carbonyl (C=O) groups excluding carboxylic acids is 1. The van der Waals surface area contributed by atoms with Crippen LogP contribution in [0.25, 0.3) is 11.1 Å². The maximum atomic E-state index is 12.8. The van der Waals surface area contributed by atoms with Gasteiger partial charge in [0.25, 0.3) is 0 Å². The highest BCUT2D eigenvalue weighted by Crippen LogP contribution is 2.30. The molecular formula is C26H28N2O4. The lowest BCUT2D eigenvalue weighted by Crippen LogP contribution is -2.39. The maximum Gasteiger partial charge on any atom is 0.317 e. The molecule has 0 aliphatic carbocycles. The second kappa shape index (κ2) is 10.5. The van der Waals surface area contributed by atoms with Gasteiger partial charge in [-0.3, -0.25) is 4.79 Å². The number of nitrogens with zero attached hydrogens (tertiary/aromatic N) is 1. The summed E-state index contributed by atoms with van der Waals surface area (Å²) < 4.78 is 0. The fourth-order valence-corrected chi connectivity index (χ4v) is 3.68. The van der Waals surface area contributed by atoms with Crippen LogP contribution in [-0.2, 0) is 24.3 Å². The van der Waals surface area contributed by atoms with E-state index < -0.39 is 5.97 Å². The Morgan fingerprint density at radius 2 is 1.72 bits per heavy atom. The van der Waals surface area contributed by atoms with Crippen LogP contribution in [0.1, 0.15) is 29.2 Å². The van der Waals surface area contributed by atoms with E-state index in [2.05, 4.69) is 5.32 Å². The van der Waals surface area contributed by atoms with E-state index >= 15 is 0 Å². The molecule has 0 atom stereocenters. The van der Waals surface area contributed by atoms with Crippen molar-refractivity contribution in [2.75, 3.05) is 6.54 Å². The number of phenols is 1. The van der Waals surface area contributed by atoms with Crippen molar-refractivity contribution in [3.63, 3.8) is 0 Å². The van der Waals surface area contributed by atoms with Crippen LogP contribution in [0.4, 0.5) is 4.79 Å². The zero-order valence-corrected chi connectivity index (χ0v) is 18.3. The van der Waals surface area contributed by atoms with Crippen LogP contribution in [0.15, 0.2) is 66.7 Å². The van der Waals surface area contributed by atoms with Gasteiger partial charge in [0.05, 0.1) is 6.42 Å². The molecule has 3 rings (SSSR count). The molecule has 6 nitrogen and oxygen atoms in total. The Morgan fingerprint density at radius 3 is 2.41 bits per heavy atom. The summed E-state index contributed by atoms with van der Waals surface area (Å²) in [5.41, 5.74) is 5.10. The fraction of sp³-hybridized carbons (Fsp3) is 0.231. The minimum Gasteiger partial charge on any atom is -0.508 e. The van der Waals surface area contributed by atoms with Gasteiger partial charge in [-0.25, -0.2) is 4.79 Å². The highest BCUT2D eigenvalue weighted by molar-refractivity contribution is 5.76. The standard InChI is InChI=1S/C26H28N2O4/c1-3-28(26(32)27-16-19-7-5-4-6-8-19)17-21-9-10-23(29)15-24(21)22-12-18(2)11-20(13-22)14-25(30)31/h4-13,15,29H,3,14,16-17H2,1-2H3,(H,27,32)(H,30,31). The molecule has 3 aromatic carbocycles. The maximum absolute atomic E-state index is 12.8. The summed E-state index contributed by atoms with van der Waals surface area (Å²) in [7, 11) is 0. The van der Waals surface area contributed by atoms with Crippen molar-refractivity contribution in [2.24, 2.45) is 0 Å². The minimum absolute atomic E-state index is 0.0776. The number of hydrogen-bond acceptors (Lipinski definition) is 3. The molecule has 3 N–H and O–H groups in total. The van der Waals surface area contributed by atoms with E-state index in [1.807, 2.05) is 62.4 Å². The number of carboxylic acids is 1.